The van der Waals surface area contributed by atoms with Crippen molar-refractivity contribution >= 4 is 28.8 Å². The number of halogens is 1. The molecule has 5 aromatic rings. The van der Waals surface area contributed by atoms with E-state index in [1.165, 1.54) is 0 Å². The Morgan fingerprint density at radius 2 is 1.97 bits per heavy atom. The third-order valence-corrected chi connectivity index (χ3v) is 5.18. The van der Waals surface area contributed by atoms with Crippen LogP contribution in [0, 0.1) is 0 Å². The molecule has 30 heavy (non-hydrogen) atoms. The third-order valence-electron chi connectivity index (χ3n) is 4.98. The number of nitrogens with zero attached hydrogens (tertiary/aromatic N) is 8. The standard InChI is InChI=1S/C20H18ClN9/c1-3-14-11-19(30-18(23-14)8-9-22-30)28(2)15-4-6-16(7-5-15)29-12-13(21)10-17(29)20-24-26-27-25-20/h4-12H,3H2,1-2H3,(H,24,25,26,27). The van der Waals surface area contributed by atoms with Gasteiger partial charge in [0.05, 0.1) is 16.9 Å². The van der Waals surface area contributed by atoms with Crippen molar-refractivity contribution in [3.05, 3.63) is 65.6 Å². The van der Waals surface area contributed by atoms with E-state index in [0.717, 1.165) is 40.6 Å². The zero-order chi connectivity index (χ0) is 20.7. The first-order valence-corrected chi connectivity index (χ1v) is 9.81. The number of aromatic amines is 1. The van der Waals surface area contributed by atoms with Gasteiger partial charge in [0.1, 0.15) is 5.82 Å². The van der Waals surface area contributed by atoms with Gasteiger partial charge >= 0.3 is 0 Å². The summed E-state index contributed by atoms with van der Waals surface area (Å²) in [7, 11) is 2.02. The van der Waals surface area contributed by atoms with Gasteiger partial charge in [0.2, 0.25) is 5.82 Å². The monoisotopic (exact) mass is 419 g/mol. The lowest BCUT2D eigenvalue weighted by atomic mass is 10.2. The van der Waals surface area contributed by atoms with E-state index in [-0.39, 0.29) is 0 Å². The highest BCUT2D eigenvalue weighted by Crippen LogP contribution is 2.29. The average Bonchev–Trinajstić information content (AvgIpc) is 3.52. The molecule has 5 rings (SSSR count). The summed E-state index contributed by atoms with van der Waals surface area (Å²) < 4.78 is 3.78. The number of fused-ring (bicyclic) bond motifs is 1. The Kier molecular flexibility index (Phi) is 4.44. The van der Waals surface area contributed by atoms with E-state index in [1.54, 1.807) is 6.20 Å². The molecule has 10 heteroatoms. The SMILES string of the molecule is CCc1cc(N(C)c2ccc(-n3cc(Cl)cc3-c3nn[nH]n3)cc2)n2nccc2n1. The normalized spacial score (nSPS) is 11.3. The molecule has 0 fully saturated rings. The van der Waals surface area contributed by atoms with Gasteiger partial charge in [-0.3, -0.25) is 0 Å². The smallest absolute Gasteiger partial charge is 0.221 e. The first-order valence-electron chi connectivity index (χ1n) is 9.43. The minimum absolute atomic E-state index is 0.480. The first-order chi connectivity index (χ1) is 14.6. The van der Waals surface area contributed by atoms with Gasteiger partial charge in [-0.1, -0.05) is 18.5 Å². The van der Waals surface area contributed by atoms with Gasteiger partial charge in [0.25, 0.3) is 0 Å². The number of hydrogen-bond donors (Lipinski definition) is 1. The summed E-state index contributed by atoms with van der Waals surface area (Å²) in [4.78, 5) is 6.71. The Morgan fingerprint density at radius 3 is 2.70 bits per heavy atom. The van der Waals surface area contributed by atoms with Crippen molar-refractivity contribution in [3.63, 3.8) is 0 Å². The third kappa shape index (κ3) is 3.09. The number of aromatic nitrogens is 8. The average molecular weight is 420 g/mol. The number of rotatable bonds is 5. The summed E-state index contributed by atoms with van der Waals surface area (Å²) >= 11 is 6.24. The highest BCUT2D eigenvalue weighted by molar-refractivity contribution is 6.30. The number of tetrazole rings is 1. The molecule has 0 aliphatic rings. The summed E-state index contributed by atoms with van der Waals surface area (Å²) in [6, 6.07) is 13.9. The van der Waals surface area contributed by atoms with E-state index in [4.69, 9.17) is 11.6 Å². The number of anilines is 2. The van der Waals surface area contributed by atoms with Crippen LogP contribution in [0.4, 0.5) is 11.5 Å². The molecule has 0 aliphatic heterocycles. The number of aryl methyl sites for hydroxylation is 1. The lowest BCUT2D eigenvalue weighted by molar-refractivity contribution is 0.881. The molecule has 0 bridgehead atoms. The molecule has 0 atom stereocenters. The quantitative estimate of drug-likeness (QED) is 0.467. The largest absolute Gasteiger partial charge is 0.329 e. The predicted octanol–water partition coefficient (Wildman–Crippen LogP) is 3.68. The van der Waals surface area contributed by atoms with E-state index >= 15 is 0 Å². The van der Waals surface area contributed by atoms with Crippen LogP contribution in [0.2, 0.25) is 5.02 Å². The Morgan fingerprint density at radius 1 is 1.13 bits per heavy atom. The van der Waals surface area contributed by atoms with Gasteiger partial charge in [-0.25, -0.2) is 4.98 Å². The minimum atomic E-state index is 0.480. The molecule has 4 aromatic heterocycles. The lowest BCUT2D eigenvalue weighted by Crippen LogP contribution is -2.15. The molecular weight excluding hydrogens is 402 g/mol. The van der Waals surface area contributed by atoms with Crippen LogP contribution in [0.15, 0.2) is 54.9 Å². The van der Waals surface area contributed by atoms with E-state index in [1.807, 2.05) is 58.7 Å². The molecule has 0 unspecified atom stereocenters. The van der Waals surface area contributed by atoms with E-state index < -0.39 is 0 Å². The summed E-state index contributed by atoms with van der Waals surface area (Å²) in [5.41, 5.74) is 4.57. The Bertz CT molecular complexity index is 1300. The summed E-state index contributed by atoms with van der Waals surface area (Å²) in [5, 5.41) is 19.2. The van der Waals surface area contributed by atoms with Crippen LogP contribution in [-0.2, 0) is 6.42 Å². The van der Waals surface area contributed by atoms with Crippen LogP contribution < -0.4 is 4.90 Å². The predicted molar refractivity (Wildman–Crippen MR) is 114 cm³/mol. The van der Waals surface area contributed by atoms with Crippen LogP contribution in [0.5, 0.6) is 0 Å². The maximum absolute atomic E-state index is 6.24. The minimum Gasteiger partial charge on any atom is -0.329 e. The summed E-state index contributed by atoms with van der Waals surface area (Å²) in [5.74, 6) is 1.43. The van der Waals surface area contributed by atoms with Crippen LogP contribution >= 0.6 is 11.6 Å². The molecule has 0 saturated heterocycles. The van der Waals surface area contributed by atoms with Crippen molar-refractivity contribution in [1.29, 1.82) is 0 Å². The van der Waals surface area contributed by atoms with Gasteiger partial charge in [0.15, 0.2) is 5.65 Å². The molecule has 0 aliphatic carbocycles. The maximum Gasteiger partial charge on any atom is 0.221 e. The van der Waals surface area contributed by atoms with Crippen LogP contribution in [0.25, 0.3) is 22.9 Å². The lowest BCUT2D eigenvalue weighted by Gasteiger charge is -2.21. The Hall–Kier alpha value is -3.72. The van der Waals surface area contributed by atoms with Crippen molar-refractivity contribution in [2.45, 2.75) is 13.3 Å². The van der Waals surface area contributed by atoms with Crippen molar-refractivity contribution in [3.8, 4) is 17.2 Å². The fourth-order valence-corrected chi connectivity index (χ4v) is 3.62. The zero-order valence-corrected chi connectivity index (χ0v) is 17.1. The van der Waals surface area contributed by atoms with Gasteiger partial charge in [-0.15, -0.1) is 10.2 Å². The van der Waals surface area contributed by atoms with Crippen molar-refractivity contribution in [2.24, 2.45) is 0 Å². The van der Waals surface area contributed by atoms with E-state index in [2.05, 4.69) is 48.6 Å². The van der Waals surface area contributed by atoms with Crippen molar-refractivity contribution in [1.82, 2.24) is 39.8 Å². The molecule has 150 valence electrons. The molecular formula is C20H18ClN9. The van der Waals surface area contributed by atoms with Gasteiger partial charge in [-0.05, 0) is 42.0 Å². The van der Waals surface area contributed by atoms with Gasteiger partial charge < -0.3 is 9.47 Å². The molecule has 0 radical (unpaired) electrons. The zero-order valence-electron chi connectivity index (χ0n) is 16.4. The molecule has 0 saturated carbocycles. The highest BCUT2D eigenvalue weighted by Gasteiger charge is 2.15. The fourth-order valence-electron chi connectivity index (χ4n) is 3.42. The summed E-state index contributed by atoms with van der Waals surface area (Å²) in [6.45, 7) is 2.09. The van der Waals surface area contributed by atoms with Crippen molar-refractivity contribution < 1.29 is 0 Å². The molecule has 1 N–H and O–H groups in total. The second-order valence-corrected chi connectivity index (χ2v) is 7.22. The highest BCUT2D eigenvalue weighted by atomic mass is 35.5. The van der Waals surface area contributed by atoms with Crippen molar-refractivity contribution in [2.75, 3.05) is 11.9 Å². The maximum atomic E-state index is 6.24. The first kappa shape index (κ1) is 18.3. The Labute approximate surface area is 176 Å². The molecule has 4 heterocycles. The van der Waals surface area contributed by atoms with Gasteiger partial charge in [0, 0.05) is 42.4 Å². The summed E-state index contributed by atoms with van der Waals surface area (Å²) in [6.07, 6.45) is 4.45. The Balaban J connectivity index is 1.52. The van der Waals surface area contributed by atoms with E-state index in [0.29, 0.717) is 10.8 Å². The molecule has 1 aromatic carbocycles. The molecule has 0 amide bonds. The van der Waals surface area contributed by atoms with Crippen LogP contribution in [0.3, 0.4) is 0 Å². The molecule has 0 spiro atoms. The number of nitrogens with one attached hydrogen (secondary N) is 1. The second-order valence-electron chi connectivity index (χ2n) is 6.78. The van der Waals surface area contributed by atoms with Gasteiger partial charge in [-0.2, -0.15) is 14.8 Å². The fraction of sp³-hybridized carbons (Fsp3) is 0.150. The number of H-pyrrole nitrogens is 1. The number of benzene rings is 1. The van der Waals surface area contributed by atoms with Crippen LogP contribution in [0.1, 0.15) is 12.6 Å². The topological polar surface area (TPSA) is 92.8 Å². The van der Waals surface area contributed by atoms with E-state index in [9.17, 15) is 0 Å². The number of hydrogen-bond acceptors (Lipinski definition) is 6. The molecule has 9 nitrogen and oxygen atoms in total. The second kappa shape index (κ2) is 7.27. The van der Waals surface area contributed by atoms with Crippen LogP contribution in [-0.4, -0.2) is 46.8 Å².